The van der Waals surface area contributed by atoms with Gasteiger partial charge >= 0.3 is 0 Å². The van der Waals surface area contributed by atoms with Crippen molar-refractivity contribution in [1.29, 1.82) is 0 Å². The van der Waals surface area contributed by atoms with E-state index in [1.165, 1.54) is 18.4 Å². The van der Waals surface area contributed by atoms with Crippen molar-refractivity contribution in [3.8, 4) is 0 Å². The van der Waals surface area contributed by atoms with Crippen molar-refractivity contribution in [3.63, 3.8) is 0 Å². The lowest BCUT2D eigenvalue weighted by atomic mass is 9.90. The first-order valence-corrected chi connectivity index (χ1v) is 7.91. The van der Waals surface area contributed by atoms with Crippen LogP contribution in [-0.4, -0.2) is 18.1 Å². The van der Waals surface area contributed by atoms with Gasteiger partial charge in [0.25, 0.3) is 0 Å². The number of hydrogen-bond acceptors (Lipinski definition) is 3. The second-order valence-corrected chi connectivity index (χ2v) is 4.48. The van der Waals surface area contributed by atoms with Crippen LogP contribution in [0.15, 0.2) is 22.6 Å². The van der Waals surface area contributed by atoms with Gasteiger partial charge in [0.1, 0.15) is 5.52 Å². The van der Waals surface area contributed by atoms with Crippen LogP contribution in [0.5, 0.6) is 0 Å². The van der Waals surface area contributed by atoms with Gasteiger partial charge in [0.2, 0.25) is 0 Å². The summed E-state index contributed by atoms with van der Waals surface area (Å²) >= 11 is 0. The molecule has 2 aromatic rings. The molecule has 0 radical (unpaired) electrons. The molecule has 0 unspecified atom stereocenters. The number of rotatable bonds is 1. The van der Waals surface area contributed by atoms with E-state index in [0.717, 1.165) is 30.1 Å². The summed E-state index contributed by atoms with van der Waals surface area (Å²) in [5.41, 5.74) is 3.29. The molecule has 0 bridgehead atoms. The van der Waals surface area contributed by atoms with Gasteiger partial charge < -0.3 is 9.73 Å². The zero-order valence-corrected chi connectivity index (χ0v) is 13.5. The number of oxazole rings is 1. The third-order valence-corrected chi connectivity index (χ3v) is 3.33. The van der Waals surface area contributed by atoms with Crippen molar-refractivity contribution in [2.24, 2.45) is 0 Å². The molecular weight excluding hydrogens is 248 g/mol. The molecule has 1 N–H and O–H groups in total. The van der Waals surface area contributed by atoms with Crippen LogP contribution in [0.3, 0.4) is 0 Å². The summed E-state index contributed by atoms with van der Waals surface area (Å²) in [7, 11) is 0. The molecule has 1 aliphatic rings. The number of nitrogens with one attached hydrogen (secondary N) is 1. The number of piperidine rings is 1. The summed E-state index contributed by atoms with van der Waals surface area (Å²) in [5.74, 6) is 1.42. The van der Waals surface area contributed by atoms with Crippen LogP contribution >= 0.6 is 0 Å². The maximum atomic E-state index is 5.57. The highest BCUT2D eigenvalue weighted by atomic mass is 16.3. The predicted octanol–water partition coefficient (Wildman–Crippen LogP) is 4.66. The van der Waals surface area contributed by atoms with E-state index >= 15 is 0 Å². The number of aromatic nitrogens is 1. The lowest BCUT2D eigenvalue weighted by Crippen LogP contribution is -2.26. The minimum Gasteiger partial charge on any atom is -0.441 e. The summed E-state index contributed by atoms with van der Waals surface area (Å²) in [6, 6.07) is 6.43. The van der Waals surface area contributed by atoms with E-state index in [9.17, 15) is 0 Å². The van der Waals surface area contributed by atoms with Gasteiger partial charge in [-0.15, -0.1) is 0 Å². The molecule has 0 amide bonds. The summed E-state index contributed by atoms with van der Waals surface area (Å²) in [4.78, 5) is 4.32. The minimum absolute atomic E-state index is 0.677. The molecule has 1 aromatic heterocycles. The SMILES string of the molecule is CC.CC.Cc1nc2ccc(C3CCNCC3)cc2o1. The average molecular weight is 276 g/mol. The summed E-state index contributed by atoms with van der Waals surface area (Å²) < 4.78 is 5.57. The normalized spacial score (nSPS) is 15.1. The Morgan fingerprint density at radius 2 is 1.75 bits per heavy atom. The highest BCUT2D eigenvalue weighted by molar-refractivity contribution is 5.73. The zero-order valence-electron chi connectivity index (χ0n) is 13.5. The molecule has 3 rings (SSSR count). The van der Waals surface area contributed by atoms with Crippen LogP contribution in [0.4, 0.5) is 0 Å². The van der Waals surface area contributed by atoms with Gasteiger partial charge in [-0.3, -0.25) is 0 Å². The summed E-state index contributed by atoms with van der Waals surface area (Å²) in [6.45, 7) is 12.1. The van der Waals surface area contributed by atoms with E-state index in [2.05, 4.69) is 28.5 Å². The van der Waals surface area contributed by atoms with Crippen LogP contribution in [0.25, 0.3) is 11.1 Å². The molecule has 3 heteroatoms. The quantitative estimate of drug-likeness (QED) is 0.823. The summed E-state index contributed by atoms with van der Waals surface area (Å²) in [6.07, 6.45) is 2.44. The first-order chi connectivity index (χ1) is 9.83. The van der Waals surface area contributed by atoms with E-state index in [-0.39, 0.29) is 0 Å². The second kappa shape index (κ2) is 8.75. The first-order valence-electron chi connectivity index (χ1n) is 7.91. The fraction of sp³-hybridized carbons (Fsp3) is 0.588. The van der Waals surface area contributed by atoms with Crippen LogP contribution in [-0.2, 0) is 0 Å². The Morgan fingerprint density at radius 3 is 2.40 bits per heavy atom. The second-order valence-electron chi connectivity index (χ2n) is 4.48. The molecule has 3 nitrogen and oxygen atoms in total. The number of hydrogen-bond donors (Lipinski definition) is 1. The standard InChI is InChI=1S/C13H16N2O.2C2H6/c1-9-15-12-3-2-11(8-13(12)16-9)10-4-6-14-7-5-10;2*1-2/h2-3,8,10,14H,4-7H2,1H3;2*1-2H3. The zero-order chi connectivity index (χ0) is 15.0. The smallest absolute Gasteiger partial charge is 0.192 e. The minimum atomic E-state index is 0.677. The molecule has 2 heterocycles. The maximum absolute atomic E-state index is 5.57. The highest BCUT2D eigenvalue weighted by Gasteiger charge is 2.16. The van der Waals surface area contributed by atoms with Gasteiger partial charge in [0.15, 0.2) is 11.5 Å². The lowest BCUT2D eigenvalue weighted by Gasteiger charge is -2.22. The molecule has 0 spiro atoms. The van der Waals surface area contributed by atoms with Crippen molar-refractivity contribution in [2.75, 3.05) is 13.1 Å². The topological polar surface area (TPSA) is 38.1 Å². The van der Waals surface area contributed by atoms with Crippen molar-refractivity contribution in [2.45, 2.75) is 53.4 Å². The van der Waals surface area contributed by atoms with Gasteiger partial charge in [-0.25, -0.2) is 4.98 Å². The number of aryl methyl sites for hydroxylation is 1. The van der Waals surface area contributed by atoms with Crippen LogP contribution in [0, 0.1) is 6.92 Å². The molecule has 0 atom stereocenters. The number of fused-ring (bicyclic) bond motifs is 1. The predicted molar refractivity (Wildman–Crippen MR) is 86.3 cm³/mol. The third-order valence-electron chi connectivity index (χ3n) is 3.33. The molecule has 20 heavy (non-hydrogen) atoms. The number of benzene rings is 1. The van der Waals surface area contributed by atoms with E-state index < -0.39 is 0 Å². The fourth-order valence-corrected chi connectivity index (χ4v) is 2.47. The van der Waals surface area contributed by atoms with Crippen LogP contribution in [0.1, 0.15) is 57.9 Å². The Balaban J connectivity index is 0.000000461. The Labute approximate surface area is 122 Å². The third kappa shape index (κ3) is 4.07. The van der Waals surface area contributed by atoms with Gasteiger partial charge in [0, 0.05) is 6.92 Å². The lowest BCUT2D eigenvalue weighted by molar-refractivity contribution is 0.460. The Bertz CT molecular complexity index is 499. The van der Waals surface area contributed by atoms with Gasteiger partial charge in [-0.05, 0) is 49.5 Å². The average Bonchev–Trinajstić information content (AvgIpc) is 2.91. The molecule has 1 aromatic carbocycles. The Morgan fingerprint density at radius 1 is 1.10 bits per heavy atom. The highest BCUT2D eigenvalue weighted by Crippen LogP contribution is 2.28. The first kappa shape index (κ1) is 16.7. The van der Waals surface area contributed by atoms with Crippen molar-refractivity contribution in [1.82, 2.24) is 10.3 Å². The van der Waals surface area contributed by atoms with Gasteiger partial charge in [-0.2, -0.15) is 0 Å². The van der Waals surface area contributed by atoms with Crippen LogP contribution in [0.2, 0.25) is 0 Å². The largest absolute Gasteiger partial charge is 0.441 e. The maximum Gasteiger partial charge on any atom is 0.192 e. The Hall–Kier alpha value is -1.35. The van der Waals surface area contributed by atoms with E-state index in [1.807, 2.05) is 34.6 Å². The molecule has 1 aliphatic heterocycles. The van der Waals surface area contributed by atoms with Crippen molar-refractivity contribution >= 4 is 11.1 Å². The molecule has 1 fully saturated rings. The molecule has 1 saturated heterocycles. The molecular formula is C17H28N2O. The van der Waals surface area contributed by atoms with Gasteiger partial charge in [0.05, 0.1) is 0 Å². The Kier molecular flexibility index (Phi) is 7.31. The number of nitrogens with zero attached hydrogens (tertiary/aromatic N) is 1. The molecule has 112 valence electrons. The fourth-order valence-electron chi connectivity index (χ4n) is 2.47. The van der Waals surface area contributed by atoms with Crippen molar-refractivity contribution < 1.29 is 4.42 Å². The van der Waals surface area contributed by atoms with Gasteiger partial charge in [-0.1, -0.05) is 33.8 Å². The van der Waals surface area contributed by atoms with E-state index in [1.54, 1.807) is 0 Å². The van der Waals surface area contributed by atoms with Crippen molar-refractivity contribution in [3.05, 3.63) is 29.7 Å². The molecule has 0 aliphatic carbocycles. The van der Waals surface area contributed by atoms with E-state index in [4.69, 9.17) is 4.42 Å². The monoisotopic (exact) mass is 276 g/mol. The summed E-state index contributed by atoms with van der Waals surface area (Å²) in [5, 5.41) is 3.39. The van der Waals surface area contributed by atoms with E-state index in [0.29, 0.717) is 5.92 Å². The molecule has 0 saturated carbocycles. The van der Waals surface area contributed by atoms with Crippen LogP contribution < -0.4 is 5.32 Å².